The van der Waals surface area contributed by atoms with Gasteiger partial charge in [0.1, 0.15) is 5.75 Å². The first-order chi connectivity index (χ1) is 7.17. The molecule has 0 aliphatic rings. The minimum atomic E-state index is -0.0854. The number of amides is 1. The fourth-order valence-electron chi connectivity index (χ4n) is 1.28. The SMILES string of the molecule is C=CC(=O)N(C)Cc1cccc(OC)c1. The van der Waals surface area contributed by atoms with Crippen LogP contribution in [0.4, 0.5) is 0 Å². The summed E-state index contributed by atoms with van der Waals surface area (Å²) in [6.45, 7) is 4.00. The van der Waals surface area contributed by atoms with E-state index in [0.717, 1.165) is 11.3 Å². The van der Waals surface area contributed by atoms with Crippen molar-refractivity contribution in [2.24, 2.45) is 0 Å². The molecule has 1 rings (SSSR count). The van der Waals surface area contributed by atoms with Crippen molar-refractivity contribution in [1.82, 2.24) is 4.90 Å². The molecule has 0 radical (unpaired) electrons. The molecule has 1 amide bonds. The smallest absolute Gasteiger partial charge is 0.245 e. The van der Waals surface area contributed by atoms with Gasteiger partial charge >= 0.3 is 0 Å². The third-order valence-electron chi connectivity index (χ3n) is 2.10. The second-order valence-corrected chi connectivity index (χ2v) is 3.25. The molecule has 0 atom stereocenters. The Bertz CT molecular complexity index is 360. The quantitative estimate of drug-likeness (QED) is 0.702. The molecule has 0 spiro atoms. The number of hydrogen-bond donors (Lipinski definition) is 0. The molecule has 0 saturated heterocycles. The molecule has 1 aromatic carbocycles. The van der Waals surface area contributed by atoms with E-state index in [0.29, 0.717) is 6.54 Å². The van der Waals surface area contributed by atoms with Gasteiger partial charge in [0.15, 0.2) is 0 Å². The summed E-state index contributed by atoms with van der Waals surface area (Å²) in [5.74, 6) is 0.713. The van der Waals surface area contributed by atoms with Gasteiger partial charge in [-0.3, -0.25) is 4.79 Å². The van der Waals surface area contributed by atoms with Gasteiger partial charge in [-0.25, -0.2) is 0 Å². The number of ether oxygens (including phenoxy) is 1. The molecule has 0 unspecified atom stereocenters. The van der Waals surface area contributed by atoms with Gasteiger partial charge in [-0.05, 0) is 23.8 Å². The van der Waals surface area contributed by atoms with Crippen molar-refractivity contribution in [2.45, 2.75) is 6.54 Å². The molecule has 3 heteroatoms. The van der Waals surface area contributed by atoms with Crippen LogP contribution in [0.3, 0.4) is 0 Å². The Balaban J connectivity index is 2.71. The first-order valence-electron chi connectivity index (χ1n) is 4.68. The lowest BCUT2D eigenvalue weighted by molar-refractivity contribution is -0.125. The van der Waals surface area contributed by atoms with Crippen LogP contribution in [0.2, 0.25) is 0 Å². The van der Waals surface area contributed by atoms with Gasteiger partial charge in [0.2, 0.25) is 5.91 Å². The molecule has 0 aliphatic heterocycles. The van der Waals surface area contributed by atoms with Crippen molar-refractivity contribution < 1.29 is 9.53 Å². The Labute approximate surface area is 90.0 Å². The third-order valence-corrected chi connectivity index (χ3v) is 2.10. The van der Waals surface area contributed by atoms with Gasteiger partial charge < -0.3 is 9.64 Å². The molecule has 0 bridgehead atoms. The molecule has 0 aromatic heterocycles. The Kier molecular flexibility index (Phi) is 3.92. The van der Waals surface area contributed by atoms with E-state index in [-0.39, 0.29) is 5.91 Å². The number of rotatable bonds is 4. The average Bonchev–Trinajstić information content (AvgIpc) is 2.28. The maximum Gasteiger partial charge on any atom is 0.245 e. The Morgan fingerprint density at radius 1 is 1.60 bits per heavy atom. The van der Waals surface area contributed by atoms with Gasteiger partial charge in [-0.15, -0.1) is 0 Å². The van der Waals surface area contributed by atoms with Crippen molar-refractivity contribution in [2.75, 3.05) is 14.2 Å². The lowest BCUT2D eigenvalue weighted by Crippen LogP contribution is -2.23. The number of likely N-dealkylation sites (N-methyl/N-ethyl adjacent to an activating group) is 1. The van der Waals surface area contributed by atoms with E-state index in [4.69, 9.17) is 4.74 Å². The average molecular weight is 205 g/mol. The summed E-state index contributed by atoms with van der Waals surface area (Å²) in [5.41, 5.74) is 1.03. The third kappa shape index (κ3) is 3.13. The number of hydrogen-bond acceptors (Lipinski definition) is 2. The molecule has 3 nitrogen and oxygen atoms in total. The standard InChI is InChI=1S/C12H15NO2/c1-4-12(14)13(2)9-10-6-5-7-11(8-10)15-3/h4-8H,1,9H2,2-3H3. The summed E-state index contributed by atoms with van der Waals surface area (Å²) < 4.78 is 5.10. The van der Waals surface area contributed by atoms with Crippen molar-refractivity contribution in [1.29, 1.82) is 0 Å². The van der Waals surface area contributed by atoms with Crippen molar-refractivity contribution >= 4 is 5.91 Å². The fourth-order valence-corrected chi connectivity index (χ4v) is 1.28. The molecule has 0 N–H and O–H groups in total. The highest BCUT2D eigenvalue weighted by Crippen LogP contribution is 2.13. The van der Waals surface area contributed by atoms with Crippen LogP contribution in [-0.4, -0.2) is 25.0 Å². The highest BCUT2D eigenvalue weighted by molar-refractivity contribution is 5.86. The number of carbonyl (C=O) groups excluding carboxylic acids is 1. The topological polar surface area (TPSA) is 29.5 Å². The summed E-state index contributed by atoms with van der Waals surface area (Å²) >= 11 is 0. The summed E-state index contributed by atoms with van der Waals surface area (Å²) in [4.78, 5) is 12.8. The Hall–Kier alpha value is -1.77. The summed E-state index contributed by atoms with van der Waals surface area (Å²) in [5, 5.41) is 0. The highest BCUT2D eigenvalue weighted by Gasteiger charge is 2.05. The Morgan fingerprint density at radius 3 is 2.93 bits per heavy atom. The zero-order valence-corrected chi connectivity index (χ0v) is 9.06. The van der Waals surface area contributed by atoms with Gasteiger partial charge in [0.25, 0.3) is 0 Å². The lowest BCUT2D eigenvalue weighted by Gasteiger charge is -2.15. The summed E-state index contributed by atoms with van der Waals surface area (Å²) in [7, 11) is 3.36. The molecule has 0 heterocycles. The minimum absolute atomic E-state index is 0.0854. The fraction of sp³-hybridized carbons (Fsp3) is 0.250. The number of methoxy groups -OCH3 is 1. The van der Waals surface area contributed by atoms with Crippen LogP contribution in [0, 0.1) is 0 Å². The van der Waals surface area contributed by atoms with Gasteiger partial charge in [-0.2, -0.15) is 0 Å². The predicted molar refractivity (Wildman–Crippen MR) is 59.7 cm³/mol. The van der Waals surface area contributed by atoms with Crippen LogP contribution in [0.25, 0.3) is 0 Å². The first-order valence-corrected chi connectivity index (χ1v) is 4.68. The van der Waals surface area contributed by atoms with Gasteiger partial charge in [0, 0.05) is 13.6 Å². The molecule has 80 valence electrons. The molecular weight excluding hydrogens is 190 g/mol. The largest absolute Gasteiger partial charge is 0.497 e. The number of carbonyl (C=O) groups is 1. The van der Waals surface area contributed by atoms with Crippen molar-refractivity contribution in [3.05, 3.63) is 42.5 Å². The van der Waals surface area contributed by atoms with E-state index in [1.165, 1.54) is 6.08 Å². The van der Waals surface area contributed by atoms with E-state index >= 15 is 0 Å². The molecule has 0 fully saturated rings. The zero-order valence-electron chi connectivity index (χ0n) is 9.06. The predicted octanol–water partition coefficient (Wildman–Crippen LogP) is 1.84. The maximum atomic E-state index is 11.2. The van der Waals surface area contributed by atoms with Crippen LogP contribution < -0.4 is 4.74 Å². The van der Waals surface area contributed by atoms with Crippen LogP contribution in [0.15, 0.2) is 36.9 Å². The normalized spacial score (nSPS) is 9.47. The van der Waals surface area contributed by atoms with Crippen LogP contribution in [0.5, 0.6) is 5.75 Å². The molecule has 1 aromatic rings. The van der Waals surface area contributed by atoms with E-state index in [1.807, 2.05) is 24.3 Å². The monoisotopic (exact) mass is 205 g/mol. The van der Waals surface area contributed by atoms with Crippen LogP contribution in [-0.2, 0) is 11.3 Å². The zero-order chi connectivity index (χ0) is 11.3. The highest BCUT2D eigenvalue weighted by atomic mass is 16.5. The molecule has 0 saturated carbocycles. The Morgan fingerprint density at radius 2 is 2.33 bits per heavy atom. The second-order valence-electron chi connectivity index (χ2n) is 3.25. The van der Waals surface area contributed by atoms with Gasteiger partial charge in [0.05, 0.1) is 7.11 Å². The number of nitrogens with zero attached hydrogens (tertiary/aromatic N) is 1. The molecule has 15 heavy (non-hydrogen) atoms. The van der Waals surface area contributed by atoms with Crippen molar-refractivity contribution in [3.63, 3.8) is 0 Å². The maximum absolute atomic E-state index is 11.2. The van der Waals surface area contributed by atoms with Crippen LogP contribution >= 0.6 is 0 Å². The summed E-state index contributed by atoms with van der Waals surface area (Å²) in [6, 6.07) is 7.64. The molecule has 0 aliphatic carbocycles. The van der Waals surface area contributed by atoms with Gasteiger partial charge in [-0.1, -0.05) is 18.7 Å². The van der Waals surface area contributed by atoms with E-state index in [9.17, 15) is 4.79 Å². The van der Waals surface area contributed by atoms with Crippen LogP contribution in [0.1, 0.15) is 5.56 Å². The van der Waals surface area contributed by atoms with E-state index in [1.54, 1.807) is 19.1 Å². The first kappa shape index (κ1) is 11.3. The summed E-state index contributed by atoms with van der Waals surface area (Å²) in [6.07, 6.45) is 1.31. The van der Waals surface area contributed by atoms with Crippen molar-refractivity contribution in [3.8, 4) is 5.75 Å². The number of benzene rings is 1. The lowest BCUT2D eigenvalue weighted by atomic mass is 10.2. The minimum Gasteiger partial charge on any atom is -0.497 e. The van der Waals surface area contributed by atoms with E-state index < -0.39 is 0 Å². The molecular formula is C12H15NO2. The second kappa shape index (κ2) is 5.20. The van der Waals surface area contributed by atoms with E-state index in [2.05, 4.69) is 6.58 Å².